The Bertz CT molecular complexity index is 113. The number of rotatable bonds is 2. The van der Waals surface area contributed by atoms with Gasteiger partial charge in [-0.2, -0.15) is 11.8 Å². The molecule has 1 aliphatic heterocycles. The molecule has 1 heterocycles. The second-order valence-electron chi connectivity index (χ2n) is 3.30. The molecule has 1 saturated heterocycles. The van der Waals surface area contributed by atoms with Crippen LogP contribution in [0.4, 0.5) is 0 Å². The average Bonchev–Trinajstić information content (AvgIpc) is 2.05. The van der Waals surface area contributed by atoms with Crippen LogP contribution in [0.1, 0.15) is 19.8 Å². The van der Waals surface area contributed by atoms with Gasteiger partial charge in [0, 0.05) is 6.04 Å². The van der Waals surface area contributed by atoms with Gasteiger partial charge < -0.3 is 10.8 Å². The summed E-state index contributed by atoms with van der Waals surface area (Å²) in [6, 6.07) is -0.0666. The summed E-state index contributed by atoms with van der Waals surface area (Å²) in [5.74, 6) is 2.83. The van der Waals surface area contributed by atoms with E-state index in [1.54, 1.807) is 0 Å². The predicted molar refractivity (Wildman–Crippen MR) is 49.7 cm³/mol. The Hall–Kier alpha value is 0.270. The summed E-state index contributed by atoms with van der Waals surface area (Å²) in [5.41, 5.74) is 5.61. The van der Waals surface area contributed by atoms with E-state index in [4.69, 9.17) is 5.73 Å². The number of nitrogens with two attached hydrogens (primary N) is 1. The van der Waals surface area contributed by atoms with Crippen LogP contribution in [0.15, 0.2) is 0 Å². The summed E-state index contributed by atoms with van der Waals surface area (Å²) in [5, 5.41) is 9.62. The highest BCUT2D eigenvalue weighted by Crippen LogP contribution is 2.26. The van der Waals surface area contributed by atoms with Gasteiger partial charge in [0.15, 0.2) is 0 Å². The normalized spacial score (nSPS) is 26.5. The molecule has 0 radical (unpaired) electrons. The van der Waals surface area contributed by atoms with Crippen LogP contribution in [0.5, 0.6) is 0 Å². The van der Waals surface area contributed by atoms with E-state index in [1.807, 2.05) is 18.7 Å². The molecular weight excluding hydrogens is 158 g/mol. The molecule has 0 aliphatic carbocycles. The molecule has 0 saturated carbocycles. The third kappa shape index (κ3) is 2.65. The molecule has 2 unspecified atom stereocenters. The van der Waals surface area contributed by atoms with Crippen molar-refractivity contribution in [2.75, 3.05) is 11.5 Å². The molecular formula is C8H17NOS. The van der Waals surface area contributed by atoms with Gasteiger partial charge >= 0.3 is 0 Å². The third-order valence-electron chi connectivity index (χ3n) is 2.29. The van der Waals surface area contributed by atoms with Crippen LogP contribution in [-0.4, -0.2) is 28.8 Å². The van der Waals surface area contributed by atoms with Crippen molar-refractivity contribution in [2.24, 2.45) is 11.7 Å². The summed E-state index contributed by atoms with van der Waals surface area (Å²) >= 11 is 1.98. The van der Waals surface area contributed by atoms with Crippen molar-refractivity contribution < 1.29 is 5.11 Å². The maximum atomic E-state index is 9.62. The minimum Gasteiger partial charge on any atom is -0.391 e. The molecule has 1 aliphatic rings. The zero-order valence-electron chi connectivity index (χ0n) is 6.99. The van der Waals surface area contributed by atoms with E-state index in [2.05, 4.69) is 0 Å². The quantitative estimate of drug-likeness (QED) is 0.653. The smallest absolute Gasteiger partial charge is 0.0717 e. The van der Waals surface area contributed by atoms with E-state index >= 15 is 0 Å². The fraction of sp³-hybridized carbons (Fsp3) is 1.00. The lowest BCUT2D eigenvalue weighted by atomic mass is 9.92. The predicted octanol–water partition coefficient (Wildman–Crippen LogP) is 0.838. The molecule has 2 nitrogen and oxygen atoms in total. The van der Waals surface area contributed by atoms with Crippen LogP contribution in [0, 0.1) is 5.92 Å². The molecule has 0 aromatic heterocycles. The second-order valence-corrected chi connectivity index (χ2v) is 4.52. The fourth-order valence-corrected chi connectivity index (χ4v) is 2.63. The summed E-state index contributed by atoms with van der Waals surface area (Å²) in [4.78, 5) is 0. The fourth-order valence-electron chi connectivity index (χ4n) is 1.49. The Morgan fingerprint density at radius 2 is 2.00 bits per heavy atom. The van der Waals surface area contributed by atoms with Crippen molar-refractivity contribution >= 4 is 11.8 Å². The second kappa shape index (κ2) is 4.33. The van der Waals surface area contributed by atoms with Crippen LogP contribution >= 0.6 is 11.8 Å². The Balaban J connectivity index is 2.32. The number of thioether (sulfide) groups is 1. The van der Waals surface area contributed by atoms with Gasteiger partial charge in [-0.05, 0) is 37.2 Å². The van der Waals surface area contributed by atoms with E-state index in [0.29, 0.717) is 5.92 Å². The lowest BCUT2D eigenvalue weighted by molar-refractivity contribution is 0.0827. The van der Waals surface area contributed by atoms with Crippen molar-refractivity contribution in [1.29, 1.82) is 0 Å². The SMILES string of the molecule is CC(N)C(O)C1CCSCC1. The molecule has 66 valence electrons. The monoisotopic (exact) mass is 175 g/mol. The molecule has 1 fully saturated rings. The van der Waals surface area contributed by atoms with E-state index in [-0.39, 0.29) is 12.1 Å². The highest BCUT2D eigenvalue weighted by molar-refractivity contribution is 7.99. The van der Waals surface area contributed by atoms with Crippen molar-refractivity contribution in [2.45, 2.75) is 31.9 Å². The Morgan fingerprint density at radius 3 is 2.45 bits per heavy atom. The van der Waals surface area contributed by atoms with Crippen molar-refractivity contribution in [3.05, 3.63) is 0 Å². The number of hydrogen-bond acceptors (Lipinski definition) is 3. The first-order valence-corrected chi connectivity index (χ1v) is 5.38. The summed E-state index contributed by atoms with van der Waals surface area (Å²) in [7, 11) is 0. The first-order chi connectivity index (χ1) is 5.22. The molecule has 2 atom stereocenters. The van der Waals surface area contributed by atoms with Crippen molar-refractivity contribution in [3.8, 4) is 0 Å². The van der Waals surface area contributed by atoms with Gasteiger partial charge in [-0.25, -0.2) is 0 Å². The molecule has 3 heteroatoms. The van der Waals surface area contributed by atoms with Gasteiger partial charge in [-0.1, -0.05) is 0 Å². The maximum absolute atomic E-state index is 9.62. The minimum atomic E-state index is -0.282. The van der Waals surface area contributed by atoms with E-state index in [9.17, 15) is 5.11 Å². The third-order valence-corrected chi connectivity index (χ3v) is 3.34. The zero-order valence-corrected chi connectivity index (χ0v) is 7.81. The zero-order chi connectivity index (χ0) is 8.27. The first-order valence-electron chi connectivity index (χ1n) is 4.23. The van der Waals surface area contributed by atoms with E-state index in [0.717, 1.165) is 12.8 Å². The molecule has 1 rings (SSSR count). The van der Waals surface area contributed by atoms with Gasteiger partial charge in [0.05, 0.1) is 6.10 Å². The Labute approximate surface area is 72.5 Å². The summed E-state index contributed by atoms with van der Waals surface area (Å²) in [6.45, 7) is 1.88. The topological polar surface area (TPSA) is 46.2 Å². The summed E-state index contributed by atoms with van der Waals surface area (Å²) < 4.78 is 0. The molecule has 0 bridgehead atoms. The highest BCUT2D eigenvalue weighted by Gasteiger charge is 2.24. The average molecular weight is 175 g/mol. The largest absolute Gasteiger partial charge is 0.391 e. The van der Waals surface area contributed by atoms with Crippen molar-refractivity contribution in [1.82, 2.24) is 0 Å². The van der Waals surface area contributed by atoms with E-state index in [1.165, 1.54) is 11.5 Å². The van der Waals surface area contributed by atoms with Crippen LogP contribution in [0.2, 0.25) is 0 Å². The number of aliphatic hydroxyl groups excluding tert-OH is 1. The first kappa shape index (κ1) is 9.36. The van der Waals surface area contributed by atoms with Gasteiger partial charge in [0.25, 0.3) is 0 Å². The van der Waals surface area contributed by atoms with Gasteiger partial charge in [0.2, 0.25) is 0 Å². The molecule has 0 aromatic carbocycles. The lowest BCUT2D eigenvalue weighted by Gasteiger charge is -2.28. The van der Waals surface area contributed by atoms with Crippen LogP contribution < -0.4 is 5.73 Å². The maximum Gasteiger partial charge on any atom is 0.0717 e. The highest BCUT2D eigenvalue weighted by atomic mass is 32.2. The van der Waals surface area contributed by atoms with Crippen LogP contribution in [0.25, 0.3) is 0 Å². The van der Waals surface area contributed by atoms with Crippen LogP contribution in [0.3, 0.4) is 0 Å². The molecule has 0 spiro atoms. The van der Waals surface area contributed by atoms with Gasteiger partial charge in [-0.3, -0.25) is 0 Å². The Kier molecular flexibility index (Phi) is 3.69. The Morgan fingerprint density at radius 1 is 1.45 bits per heavy atom. The van der Waals surface area contributed by atoms with Crippen LogP contribution in [-0.2, 0) is 0 Å². The molecule has 3 N–H and O–H groups in total. The summed E-state index contributed by atoms with van der Waals surface area (Å²) in [6.07, 6.45) is 1.98. The number of hydrogen-bond donors (Lipinski definition) is 2. The molecule has 11 heavy (non-hydrogen) atoms. The van der Waals surface area contributed by atoms with Gasteiger partial charge in [-0.15, -0.1) is 0 Å². The van der Waals surface area contributed by atoms with E-state index < -0.39 is 0 Å². The lowest BCUT2D eigenvalue weighted by Crippen LogP contribution is -2.39. The molecule has 0 amide bonds. The van der Waals surface area contributed by atoms with Crippen molar-refractivity contribution in [3.63, 3.8) is 0 Å². The minimum absolute atomic E-state index is 0.0666. The van der Waals surface area contributed by atoms with Gasteiger partial charge in [0.1, 0.15) is 0 Å². The standard InChI is InChI=1S/C8H17NOS/c1-6(9)8(10)7-2-4-11-5-3-7/h6-8,10H,2-5,9H2,1H3. The molecule has 0 aromatic rings. The number of aliphatic hydroxyl groups is 1.